The van der Waals surface area contributed by atoms with Gasteiger partial charge < -0.3 is 4.74 Å². The van der Waals surface area contributed by atoms with Gasteiger partial charge in [0.1, 0.15) is 13.2 Å². The van der Waals surface area contributed by atoms with Gasteiger partial charge >= 0.3 is 11.7 Å². The number of rotatable bonds is 6. The van der Waals surface area contributed by atoms with Crippen molar-refractivity contribution >= 4 is 17.6 Å². The van der Waals surface area contributed by atoms with E-state index in [0.717, 1.165) is 15.7 Å². The first-order valence-corrected chi connectivity index (χ1v) is 8.65. The molecule has 0 aliphatic carbocycles. The van der Waals surface area contributed by atoms with E-state index >= 15 is 0 Å². The van der Waals surface area contributed by atoms with Crippen molar-refractivity contribution in [2.45, 2.75) is 19.7 Å². The Morgan fingerprint density at radius 1 is 0.926 bits per heavy atom. The van der Waals surface area contributed by atoms with Gasteiger partial charge in [0, 0.05) is 17.3 Å². The molecule has 0 aliphatic heterocycles. The molecule has 0 saturated heterocycles. The molecule has 0 bridgehead atoms. The number of aromatic nitrogens is 2. The van der Waals surface area contributed by atoms with E-state index in [-0.39, 0.29) is 6.61 Å². The average Bonchev–Trinajstić information content (AvgIpc) is 2.68. The highest BCUT2D eigenvalue weighted by Crippen LogP contribution is 2.10. The summed E-state index contributed by atoms with van der Waals surface area (Å²) in [6.07, 6.45) is 1.42. The lowest BCUT2D eigenvalue weighted by atomic mass is 10.2. The third-order valence-corrected chi connectivity index (χ3v) is 4.19. The van der Waals surface area contributed by atoms with Crippen molar-refractivity contribution in [3.8, 4) is 0 Å². The number of benzene rings is 2. The topological polar surface area (TPSA) is 70.3 Å². The number of hydrogen-bond acceptors (Lipinski definition) is 4. The van der Waals surface area contributed by atoms with Crippen molar-refractivity contribution in [3.63, 3.8) is 0 Å². The van der Waals surface area contributed by atoms with Crippen molar-refractivity contribution < 1.29 is 9.53 Å². The van der Waals surface area contributed by atoms with Crippen molar-refractivity contribution in [1.29, 1.82) is 0 Å². The largest absolute Gasteiger partial charge is 0.459 e. The Morgan fingerprint density at radius 3 is 2.33 bits per heavy atom. The molecule has 3 rings (SSSR count). The molecule has 0 amide bonds. The predicted molar refractivity (Wildman–Crippen MR) is 102 cm³/mol. The molecular formula is C20H17ClN2O4. The molecule has 2 aromatic carbocycles. The van der Waals surface area contributed by atoms with Crippen molar-refractivity contribution in [1.82, 2.24) is 9.13 Å². The van der Waals surface area contributed by atoms with Crippen LogP contribution < -0.4 is 11.2 Å². The van der Waals surface area contributed by atoms with Crippen molar-refractivity contribution in [2.24, 2.45) is 0 Å². The van der Waals surface area contributed by atoms with Gasteiger partial charge in [-0.3, -0.25) is 14.2 Å². The summed E-state index contributed by atoms with van der Waals surface area (Å²) in [5.74, 6) is -0.665. The summed E-state index contributed by atoms with van der Waals surface area (Å²) in [7, 11) is 0. The molecule has 0 fully saturated rings. The number of ether oxygens (including phenoxy) is 1. The lowest BCUT2D eigenvalue weighted by Crippen LogP contribution is -2.41. The molecule has 27 heavy (non-hydrogen) atoms. The minimum Gasteiger partial charge on any atom is -0.459 e. The van der Waals surface area contributed by atoms with E-state index in [0.29, 0.717) is 11.6 Å². The molecule has 3 aromatic rings. The van der Waals surface area contributed by atoms with Gasteiger partial charge in [0.2, 0.25) is 0 Å². The fourth-order valence-electron chi connectivity index (χ4n) is 2.52. The second kappa shape index (κ2) is 8.51. The van der Waals surface area contributed by atoms with Crippen LogP contribution in [-0.4, -0.2) is 15.1 Å². The van der Waals surface area contributed by atoms with Crippen LogP contribution in [-0.2, 0) is 29.2 Å². The molecule has 0 atom stereocenters. The molecular weight excluding hydrogens is 368 g/mol. The number of nitrogens with zero attached hydrogens (tertiary/aromatic N) is 2. The number of halogens is 1. The summed E-state index contributed by atoms with van der Waals surface area (Å²) < 4.78 is 7.40. The summed E-state index contributed by atoms with van der Waals surface area (Å²) in [5, 5.41) is 0.583. The highest BCUT2D eigenvalue weighted by Gasteiger charge is 2.11. The normalized spacial score (nSPS) is 10.6. The predicted octanol–water partition coefficient (Wildman–Crippen LogP) is 2.46. The Bertz CT molecular complexity index is 1040. The van der Waals surface area contributed by atoms with Gasteiger partial charge in [0.25, 0.3) is 5.56 Å². The van der Waals surface area contributed by atoms with Crippen LogP contribution >= 0.6 is 11.6 Å². The first-order chi connectivity index (χ1) is 13.0. The molecule has 138 valence electrons. The standard InChI is InChI=1S/C20H17ClN2O4/c21-17-8-6-16(7-9-17)14-27-19(25)13-23-18(24)10-11-22(20(23)26)12-15-4-2-1-3-5-15/h1-11H,12-14H2. The van der Waals surface area contributed by atoms with Gasteiger partial charge in [-0.05, 0) is 23.3 Å². The molecule has 0 aliphatic rings. The quantitative estimate of drug-likeness (QED) is 0.612. The van der Waals surface area contributed by atoms with Crippen LogP contribution in [0.3, 0.4) is 0 Å². The van der Waals surface area contributed by atoms with Crippen LogP contribution in [0.25, 0.3) is 0 Å². The average molecular weight is 385 g/mol. The molecule has 7 heteroatoms. The van der Waals surface area contributed by atoms with Crippen LogP contribution in [0.1, 0.15) is 11.1 Å². The Kier molecular flexibility index (Phi) is 5.88. The van der Waals surface area contributed by atoms with E-state index in [1.807, 2.05) is 30.3 Å². The Labute approximate surface area is 160 Å². The molecule has 0 N–H and O–H groups in total. The summed E-state index contributed by atoms with van der Waals surface area (Å²) in [4.78, 5) is 36.6. The van der Waals surface area contributed by atoms with Gasteiger partial charge in [-0.1, -0.05) is 54.1 Å². The van der Waals surface area contributed by atoms with Gasteiger partial charge in [-0.2, -0.15) is 0 Å². The first kappa shape index (κ1) is 18.7. The van der Waals surface area contributed by atoms with Crippen LogP contribution in [0.15, 0.2) is 76.4 Å². The summed E-state index contributed by atoms with van der Waals surface area (Å²) in [5.41, 5.74) is 0.562. The lowest BCUT2D eigenvalue weighted by Gasteiger charge is -2.10. The van der Waals surface area contributed by atoms with Gasteiger partial charge in [-0.15, -0.1) is 0 Å². The highest BCUT2D eigenvalue weighted by molar-refractivity contribution is 6.30. The number of hydrogen-bond donors (Lipinski definition) is 0. The minimum atomic E-state index is -0.665. The van der Waals surface area contributed by atoms with Crippen LogP contribution in [0, 0.1) is 0 Å². The second-order valence-corrected chi connectivity index (χ2v) is 6.36. The van der Waals surface area contributed by atoms with Crippen molar-refractivity contribution in [3.05, 3.63) is 104 Å². The van der Waals surface area contributed by atoms with E-state index < -0.39 is 23.8 Å². The van der Waals surface area contributed by atoms with E-state index in [1.165, 1.54) is 16.8 Å². The van der Waals surface area contributed by atoms with E-state index in [4.69, 9.17) is 16.3 Å². The number of carbonyl (C=O) groups is 1. The molecule has 0 spiro atoms. The lowest BCUT2D eigenvalue weighted by molar-refractivity contribution is -0.145. The van der Waals surface area contributed by atoms with Gasteiger partial charge in [-0.25, -0.2) is 9.36 Å². The monoisotopic (exact) mass is 384 g/mol. The maximum absolute atomic E-state index is 12.5. The van der Waals surface area contributed by atoms with E-state index in [1.54, 1.807) is 24.3 Å². The SMILES string of the molecule is O=C(Cn1c(=O)ccn(Cc2ccccc2)c1=O)OCc1ccc(Cl)cc1. The van der Waals surface area contributed by atoms with Crippen LogP contribution in [0.2, 0.25) is 5.02 Å². The maximum atomic E-state index is 12.5. The molecule has 1 heterocycles. The first-order valence-electron chi connectivity index (χ1n) is 8.27. The maximum Gasteiger partial charge on any atom is 0.331 e. The zero-order valence-electron chi connectivity index (χ0n) is 14.4. The summed E-state index contributed by atoms with van der Waals surface area (Å²) in [6, 6.07) is 17.5. The number of carbonyl (C=O) groups excluding carboxylic acids is 1. The van der Waals surface area contributed by atoms with Crippen LogP contribution in [0.4, 0.5) is 0 Å². The van der Waals surface area contributed by atoms with E-state index in [9.17, 15) is 14.4 Å². The third-order valence-electron chi connectivity index (χ3n) is 3.94. The number of esters is 1. The molecule has 0 radical (unpaired) electrons. The Morgan fingerprint density at radius 2 is 1.63 bits per heavy atom. The van der Waals surface area contributed by atoms with Crippen LogP contribution in [0.5, 0.6) is 0 Å². The summed E-state index contributed by atoms with van der Waals surface area (Å²) in [6.45, 7) is -0.101. The van der Waals surface area contributed by atoms with Crippen molar-refractivity contribution in [2.75, 3.05) is 0 Å². The molecule has 1 aromatic heterocycles. The fourth-order valence-corrected chi connectivity index (χ4v) is 2.65. The molecule has 0 saturated carbocycles. The summed E-state index contributed by atoms with van der Waals surface area (Å²) >= 11 is 5.81. The fraction of sp³-hybridized carbons (Fsp3) is 0.150. The molecule has 6 nitrogen and oxygen atoms in total. The molecule has 0 unspecified atom stereocenters. The Hall–Kier alpha value is -3.12. The highest BCUT2D eigenvalue weighted by atomic mass is 35.5. The van der Waals surface area contributed by atoms with E-state index in [2.05, 4.69) is 0 Å². The Balaban J connectivity index is 1.71. The van der Waals surface area contributed by atoms with Gasteiger partial charge in [0.05, 0.1) is 6.54 Å². The van der Waals surface area contributed by atoms with Gasteiger partial charge in [0.15, 0.2) is 0 Å². The third kappa shape index (κ3) is 4.95. The smallest absolute Gasteiger partial charge is 0.331 e. The second-order valence-electron chi connectivity index (χ2n) is 5.92. The minimum absolute atomic E-state index is 0.0375. The zero-order valence-corrected chi connectivity index (χ0v) is 15.1. The zero-order chi connectivity index (χ0) is 19.2.